The van der Waals surface area contributed by atoms with Crippen LogP contribution in [0, 0.1) is 25.6 Å². The first-order valence-corrected chi connectivity index (χ1v) is 15.5. The maximum atomic E-state index is 15.0. The smallest absolute Gasteiger partial charge is 0.410 e. The largest absolute Gasteiger partial charge is 0.444 e. The number of benzene rings is 2. The molecule has 2 amide bonds. The molecule has 2 aromatic heterocycles. The topological polar surface area (TPSA) is 137 Å². The van der Waals surface area contributed by atoms with Gasteiger partial charge in [-0.1, -0.05) is 12.1 Å². The van der Waals surface area contributed by atoms with E-state index in [1.54, 1.807) is 58.0 Å². The van der Waals surface area contributed by atoms with E-state index in [9.17, 15) is 28.4 Å². The molecule has 6 rings (SSSR count). The Kier molecular flexibility index (Phi) is 7.81. The van der Waals surface area contributed by atoms with Crippen LogP contribution in [0.4, 0.5) is 26.4 Å². The van der Waals surface area contributed by atoms with E-state index in [1.165, 1.54) is 44.7 Å². The Balaban J connectivity index is 1.42. The fraction of sp³-hybridized carbons (Fsp3) is 0.382. The second-order valence-corrected chi connectivity index (χ2v) is 13.3. The van der Waals surface area contributed by atoms with Gasteiger partial charge in [-0.05, 0) is 83.4 Å². The molecule has 12 nitrogen and oxygen atoms in total. The molecule has 1 saturated heterocycles. The fourth-order valence-electron chi connectivity index (χ4n) is 5.79. The van der Waals surface area contributed by atoms with Crippen molar-refractivity contribution in [1.82, 2.24) is 18.6 Å². The number of nitrogens with one attached hydrogen (secondary N) is 2. The number of pyridine rings is 1. The summed E-state index contributed by atoms with van der Waals surface area (Å²) < 4.78 is 24.1. The number of anilines is 3. The SMILES string of the molecule is Cc1ccc(Nc2c3c(=O)n(C4CC4)c(=O)n(-c4cccc(NC(=O)C5CN(C(=O)OC(C)(C)C)C5)c4)c3c(C)c(=O)n2C)c(F)c1. The second-order valence-electron chi connectivity index (χ2n) is 13.3. The zero-order chi connectivity index (χ0) is 33.9. The van der Waals surface area contributed by atoms with E-state index in [-0.39, 0.29) is 53.0 Å². The van der Waals surface area contributed by atoms with Gasteiger partial charge in [-0.3, -0.25) is 28.1 Å². The van der Waals surface area contributed by atoms with Crippen molar-refractivity contribution in [3.05, 3.63) is 90.6 Å². The van der Waals surface area contributed by atoms with Gasteiger partial charge in [-0.15, -0.1) is 0 Å². The minimum atomic E-state index is -0.647. The van der Waals surface area contributed by atoms with Crippen molar-refractivity contribution < 1.29 is 18.7 Å². The fourth-order valence-corrected chi connectivity index (χ4v) is 5.79. The summed E-state index contributed by atoms with van der Waals surface area (Å²) in [6.45, 7) is 9.01. The lowest BCUT2D eigenvalue weighted by atomic mass is 10.00. The van der Waals surface area contributed by atoms with Gasteiger partial charge in [0.05, 0.1) is 22.8 Å². The molecule has 0 atom stereocenters. The first-order chi connectivity index (χ1) is 22.1. The highest BCUT2D eigenvalue weighted by Crippen LogP contribution is 2.34. The normalized spacial score (nSPS) is 15.0. The molecule has 0 radical (unpaired) electrons. The van der Waals surface area contributed by atoms with Crippen molar-refractivity contribution in [2.24, 2.45) is 13.0 Å². The van der Waals surface area contributed by atoms with Crippen LogP contribution in [0.25, 0.3) is 16.6 Å². The summed E-state index contributed by atoms with van der Waals surface area (Å²) >= 11 is 0. The first-order valence-electron chi connectivity index (χ1n) is 15.5. The van der Waals surface area contributed by atoms with Gasteiger partial charge >= 0.3 is 11.8 Å². The highest BCUT2D eigenvalue weighted by Gasteiger charge is 2.38. The lowest BCUT2D eigenvalue weighted by Gasteiger charge is -2.38. The number of carbonyl (C=O) groups is 2. The van der Waals surface area contributed by atoms with E-state index < -0.39 is 40.2 Å². The third-order valence-corrected chi connectivity index (χ3v) is 8.41. The van der Waals surface area contributed by atoms with Gasteiger partial charge in [0.2, 0.25) is 5.91 Å². The van der Waals surface area contributed by atoms with Gasteiger partial charge < -0.3 is 20.3 Å². The lowest BCUT2D eigenvalue weighted by Crippen LogP contribution is -2.55. The van der Waals surface area contributed by atoms with E-state index in [2.05, 4.69) is 10.6 Å². The van der Waals surface area contributed by atoms with Gasteiger partial charge in [0.15, 0.2) is 0 Å². The molecule has 0 spiro atoms. The Hall–Kier alpha value is -5.20. The molecule has 2 fully saturated rings. The van der Waals surface area contributed by atoms with Crippen LogP contribution in [0.2, 0.25) is 0 Å². The van der Waals surface area contributed by atoms with Crippen LogP contribution in [-0.2, 0) is 16.6 Å². The molecular weight excluding hydrogens is 607 g/mol. The molecule has 2 aliphatic rings. The third kappa shape index (κ3) is 5.93. The number of aryl methyl sites for hydroxylation is 2. The van der Waals surface area contributed by atoms with E-state index in [4.69, 9.17) is 4.74 Å². The molecular formula is C34H37FN6O6. The number of likely N-dealkylation sites (tertiary alicyclic amines) is 1. The van der Waals surface area contributed by atoms with Crippen LogP contribution >= 0.6 is 0 Å². The quantitative estimate of drug-likeness (QED) is 0.316. The number of amides is 2. The highest BCUT2D eigenvalue weighted by atomic mass is 19.1. The summed E-state index contributed by atoms with van der Waals surface area (Å²) in [6, 6.07) is 10.8. The number of ether oxygens (including phenoxy) is 1. The van der Waals surface area contributed by atoms with Crippen LogP contribution in [0.5, 0.6) is 0 Å². The predicted molar refractivity (Wildman–Crippen MR) is 176 cm³/mol. The zero-order valence-electron chi connectivity index (χ0n) is 27.1. The lowest BCUT2D eigenvalue weighted by molar-refractivity contribution is -0.124. The predicted octanol–water partition coefficient (Wildman–Crippen LogP) is 4.49. The van der Waals surface area contributed by atoms with Gasteiger partial charge in [0.25, 0.3) is 11.1 Å². The molecule has 13 heteroatoms. The summed E-state index contributed by atoms with van der Waals surface area (Å²) in [5, 5.41) is 5.87. The standard InChI is InChI=1S/C34H37FN6O6/c1-18-10-13-25(24(35)14-18)37-28-26-27(19(2)30(43)38(28)6)40(32(45)41(31(26)44)22-11-12-22)23-9-7-8-21(15-23)36-29(42)20-16-39(17-20)33(46)47-34(3,4)5/h7-10,13-15,20,22,37H,11-12,16-17H2,1-6H3,(H,36,42). The maximum Gasteiger partial charge on any atom is 0.410 e. The Morgan fingerprint density at radius 3 is 2.32 bits per heavy atom. The van der Waals surface area contributed by atoms with Crippen LogP contribution in [-0.4, -0.2) is 49.3 Å². The number of carbonyl (C=O) groups excluding carboxylic acids is 2. The molecule has 1 saturated carbocycles. The molecule has 246 valence electrons. The van der Waals surface area contributed by atoms with E-state index in [0.717, 1.165) is 0 Å². The molecule has 3 heterocycles. The van der Waals surface area contributed by atoms with E-state index >= 15 is 0 Å². The van der Waals surface area contributed by atoms with Crippen LogP contribution in [0.1, 0.15) is 50.8 Å². The molecule has 1 aliphatic carbocycles. The summed E-state index contributed by atoms with van der Waals surface area (Å²) in [4.78, 5) is 68.6. The molecule has 47 heavy (non-hydrogen) atoms. The average Bonchev–Trinajstić information content (AvgIpc) is 3.79. The van der Waals surface area contributed by atoms with Crippen LogP contribution in [0.15, 0.2) is 56.8 Å². The number of rotatable bonds is 6. The molecule has 0 bridgehead atoms. The Morgan fingerprint density at radius 2 is 1.68 bits per heavy atom. The summed E-state index contributed by atoms with van der Waals surface area (Å²) in [6.07, 6.45) is 0.790. The van der Waals surface area contributed by atoms with Crippen molar-refractivity contribution in [3.63, 3.8) is 0 Å². The van der Waals surface area contributed by atoms with Gasteiger partial charge in [-0.2, -0.15) is 0 Å². The number of fused-ring (bicyclic) bond motifs is 1. The Bertz CT molecular complexity index is 2130. The number of hydrogen-bond donors (Lipinski definition) is 2. The van der Waals surface area contributed by atoms with Crippen molar-refractivity contribution in [2.75, 3.05) is 23.7 Å². The minimum Gasteiger partial charge on any atom is -0.444 e. The molecule has 1 aliphatic heterocycles. The Morgan fingerprint density at radius 1 is 0.979 bits per heavy atom. The minimum absolute atomic E-state index is 0.0514. The molecule has 2 aromatic carbocycles. The monoisotopic (exact) mass is 644 g/mol. The number of aromatic nitrogens is 3. The summed E-state index contributed by atoms with van der Waals surface area (Å²) in [7, 11) is 1.49. The molecule has 2 N–H and O–H groups in total. The van der Waals surface area contributed by atoms with Gasteiger partial charge in [0.1, 0.15) is 22.6 Å². The van der Waals surface area contributed by atoms with E-state index in [0.29, 0.717) is 29.8 Å². The number of hydrogen-bond acceptors (Lipinski definition) is 7. The third-order valence-electron chi connectivity index (χ3n) is 8.41. The maximum absolute atomic E-state index is 15.0. The Labute approximate surface area is 269 Å². The van der Waals surface area contributed by atoms with Crippen LogP contribution < -0.4 is 27.4 Å². The van der Waals surface area contributed by atoms with Crippen molar-refractivity contribution in [2.45, 2.75) is 59.1 Å². The van der Waals surface area contributed by atoms with Gasteiger partial charge in [0, 0.05) is 37.4 Å². The van der Waals surface area contributed by atoms with Gasteiger partial charge in [-0.25, -0.2) is 14.0 Å². The van der Waals surface area contributed by atoms with Crippen LogP contribution in [0.3, 0.4) is 0 Å². The summed E-state index contributed by atoms with van der Waals surface area (Å²) in [5.41, 5.74) is -0.619. The van der Waals surface area contributed by atoms with Crippen molar-refractivity contribution in [3.8, 4) is 5.69 Å². The summed E-state index contributed by atoms with van der Waals surface area (Å²) in [5.74, 6) is -1.27. The highest BCUT2D eigenvalue weighted by molar-refractivity contribution is 5.96. The number of halogens is 1. The second kappa shape index (κ2) is 11.6. The molecule has 4 aromatic rings. The average molecular weight is 645 g/mol. The van der Waals surface area contributed by atoms with Crippen molar-refractivity contribution >= 4 is 40.1 Å². The van der Waals surface area contributed by atoms with Crippen molar-refractivity contribution in [1.29, 1.82) is 0 Å². The zero-order valence-corrected chi connectivity index (χ0v) is 27.1. The number of nitrogens with zero attached hydrogens (tertiary/aromatic N) is 4. The van der Waals surface area contributed by atoms with E-state index in [1.807, 2.05) is 0 Å². The molecule has 0 unspecified atom stereocenters. The first kappa shape index (κ1) is 31.8.